The van der Waals surface area contributed by atoms with Gasteiger partial charge in [-0.25, -0.2) is 0 Å². The third-order valence-electron chi connectivity index (χ3n) is 6.29. The minimum atomic E-state index is -0.581. The van der Waals surface area contributed by atoms with E-state index in [4.69, 9.17) is 25.6 Å². The second-order valence-electron chi connectivity index (χ2n) is 8.12. The normalized spacial score (nSPS) is 16.5. The van der Waals surface area contributed by atoms with Crippen LogP contribution in [0.1, 0.15) is 29.7 Å². The molecule has 1 aliphatic heterocycles. The first kappa shape index (κ1) is 19.9. The van der Waals surface area contributed by atoms with Crippen molar-refractivity contribution < 1.29 is 18.8 Å². The van der Waals surface area contributed by atoms with Crippen molar-refractivity contribution in [3.05, 3.63) is 64.3 Å². The maximum atomic E-state index is 13.5. The molecule has 31 heavy (non-hydrogen) atoms. The summed E-state index contributed by atoms with van der Waals surface area (Å²) in [6.45, 7) is 1.23. The van der Waals surface area contributed by atoms with E-state index in [1.165, 1.54) is 5.56 Å². The Morgan fingerprint density at radius 2 is 1.74 bits per heavy atom. The summed E-state index contributed by atoms with van der Waals surface area (Å²) in [5.74, 6) is 2.16. The summed E-state index contributed by atoms with van der Waals surface area (Å²) in [6.07, 6.45) is 2.35. The number of aromatic nitrogens is 1. The largest absolute Gasteiger partial charge is 0.493 e. The van der Waals surface area contributed by atoms with E-state index in [0.717, 1.165) is 36.1 Å². The molecule has 1 aliphatic carbocycles. The molecule has 0 radical (unpaired) electrons. The van der Waals surface area contributed by atoms with Gasteiger partial charge in [-0.3, -0.25) is 4.79 Å². The standard InChI is InChI=1S/C24H23ClN2O4/c1-29-20-11-16-7-10-27(14-17(16)12-21(20)30-2)23(28)24(8-9-24)22-13-19(31-26-22)15-3-5-18(25)6-4-15/h3-6,11-13H,7-10,14H2,1-2H3. The lowest BCUT2D eigenvalue weighted by molar-refractivity contribution is -0.135. The first-order valence-electron chi connectivity index (χ1n) is 10.3. The predicted octanol–water partition coefficient (Wildman–Crippen LogP) is 4.63. The number of benzene rings is 2. The third-order valence-corrected chi connectivity index (χ3v) is 6.55. The van der Waals surface area contributed by atoms with Gasteiger partial charge in [-0.1, -0.05) is 16.8 Å². The number of fused-ring (bicyclic) bond motifs is 1. The van der Waals surface area contributed by atoms with Gasteiger partial charge in [0.15, 0.2) is 17.3 Å². The van der Waals surface area contributed by atoms with Crippen LogP contribution in [0.3, 0.4) is 0 Å². The molecule has 0 atom stereocenters. The maximum Gasteiger partial charge on any atom is 0.235 e. The molecule has 0 bridgehead atoms. The molecule has 2 aromatic carbocycles. The zero-order valence-corrected chi connectivity index (χ0v) is 18.2. The average molecular weight is 439 g/mol. The Morgan fingerprint density at radius 1 is 1.06 bits per heavy atom. The molecule has 3 aromatic rings. The van der Waals surface area contributed by atoms with Crippen LogP contribution < -0.4 is 9.47 Å². The van der Waals surface area contributed by atoms with Gasteiger partial charge in [0.25, 0.3) is 0 Å². The number of hydrogen-bond donors (Lipinski definition) is 0. The fourth-order valence-corrected chi connectivity index (χ4v) is 4.44. The van der Waals surface area contributed by atoms with Crippen LogP contribution >= 0.6 is 11.6 Å². The molecule has 2 heterocycles. The molecule has 1 saturated carbocycles. The van der Waals surface area contributed by atoms with Crippen molar-refractivity contribution in [1.29, 1.82) is 0 Å². The molecule has 2 aliphatic rings. The van der Waals surface area contributed by atoms with Gasteiger partial charge in [-0.15, -0.1) is 0 Å². The zero-order valence-electron chi connectivity index (χ0n) is 17.5. The van der Waals surface area contributed by atoms with Gasteiger partial charge in [0.05, 0.1) is 25.3 Å². The first-order valence-corrected chi connectivity index (χ1v) is 10.7. The van der Waals surface area contributed by atoms with E-state index in [0.29, 0.717) is 35.3 Å². The van der Waals surface area contributed by atoms with Gasteiger partial charge in [-0.05, 0) is 66.8 Å². The smallest absolute Gasteiger partial charge is 0.235 e. The van der Waals surface area contributed by atoms with E-state index in [1.54, 1.807) is 14.2 Å². The molecule has 160 valence electrons. The Labute approximate surface area is 185 Å². The summed E-state index contributed by atoms with van der Waals surface area (Å²) in [4.78, 5) is 15.5. The highest BCUT2D eigenvalue weighted by molar-refractivity contribution is 6.30. The van der Waals surface area contributed by atoms with Gasteiger partial charge in [0, 0.05) is 29.7 Å². The number of carbonyl (C=O) groups is 1. The molecule has 0 N–H and O–H groups in total. The number of rotatable bonds is 5. The minimum absolute atomic E-state index is 0.115. The Balaban J connectivity index is 1.38. The van der Waals surface area contributed by atoms with Crippen LogP contribution in [0.2, 0.25) is 5.02 Å². The van der Waals surface area contributed by atoms with Gasteiger partial charge >= 0.3 is 0 Å². The minimum Gasteiger partial charge on any atom is -0.493 e. The van der Waals surface area contributed by atoms with Gasteiger partial charge in [-0.2, -0.15) is 0 Å². The molecule has 7 heteroatoms. The van der Waals surface area contributed by atoms with Crippen LogP contribution in [0.4, 0.5) is 0 Å². The quantitative estimate of drug-likeness (QED) is 0.581. The van der Waals surface area contributed by atoms with Crippen LogP contribution in [0.25, 0.3) is 11.3 Å². The van der Waals surface area contributed by atoms with E-state index in [-0.39, 0.29) is 5.91 Å². The van der Waals surface area contributed by atoms with Crippen molar-refractivity contribution in [3.8, 4) is 22.8 Å². The van der Waals surface area contributed by atoms with Crippen molar-refractivity contribution in [2.45, 2.75) is 31.2 Å². The highest BCUT2D eigenvalue weighted by atomic mass is 35.5. The van der Waals surface area contributed by atoms with Crippen LogP contribution in [0.5, 0.6) is 11.5 Å². The Hall–Kier alpha value is -2.99. The number of hydrogen-bond acceptors (Lipinski definition) is 5. The highest BCUT2D eigenvalue weighted by Crippen LogP contribution is 2.50. The van der Waals surface area contributed by atoms with Crippen molar-refractivity contribution >= 4 is 17.5 Å². The van der Waals surface area contributed by atoms with Crippen LogP contribution in [0.15, 0.2) is 47.0 Å². The number of carbonyl (C=O) groups excluding carboxylic acids is 1. The van der Waals surface area contributed by atoms with Crippen molar-refractivity contribution in [2.75, 3.05) is 20.8 Å². The van der Waals surface area contributed by atoms with Gasteiger partial charge in [0.2, 0.25) is 5.91 Å². The Kier molecular flexibility index (Phi) is 4.89. The van der Waals surface area contributed by atoms with Crippen molar-refractivity contribution in [2.24, 2.45) is 0 Å². The number of ether oxygens (including phenoxy) is 2. The van der Waals surface area contributed by atoms with Crippen molar-refractivity contribution in [1.82, 2.24) is 10.1 Å². The second kappa shape index (κ2) is 7.61. The molecule has 1 amide bonds. The number of amides is 1. The van der Waals surface area contributed by atoms with Crippen molar-refractivity contribution in [3.63, 3.8) is 0 Å². The van der Waals surface area contributed by atoms with E-state index in [2.05, 4.69) is 5.16 Å². The Morgan fingerprint density at radius 3 is 2.39 bits per heavy atom. The summed E-state index contributed by atoms with van der Waals surface area (Å²) in [7, 11) is 3.26. The molecule has 0 saturated heterocycles. The molecular formula is C24H23ClN2O4. The third kappa shape index (κ3) is 3.45. The number of nitrogens with zero attached hydrogens (tertiary/aromatic N) is 2. The lowest BCUT2D eigenvalue weighted by atomic mass is 9.94. The predicted molar refractivity (Wildman–Crippen MR) is 117 cm³/mol. The summed E-state index contributed by atoms with van der Waals surface area (Å²) in [6, 6.07) is 13.3. The van der Waals surface area contributed by atoms with Crippen LogP contribution in [-0.2, 0) is 23.2 Å². The van der Waals surface area contributed by atoms with Gasteiger partial charge < -0.3 is 18.9 Å². The number of halogens is 1. The molecule has 1 fully saturated rings. The maximum absolute atomic E-state index is 13.5. The fourth-order valence-electron chi connectivity index (χ4n) is 4.31. The average Bonchev–Trinajstić information content (AvgIpc) is 3.47. The summed E-state index contributed by atoms with van der Waals surface area (Å²) < 4.78 is 16.4. The van der Waals surface area contributed by atoms with Crippen LogP contribution in [-0.4, -0.2) is 36.7 Å². The Bertz CT molecular complexity index is 1130. The lowest BCUT2D eigenvalue weighted by Gasteiger charge is -2.32. The summed E-state index contributed by atoms with van der Waals surface area (Å²) >= 11 is 5.98. The molecule has 0 spiro atoms. The molecule has 5 rings (SSSR count). The zero-order chi connectivity index (χ0) is 21.6. The van der Waals surface area contributed by atoms with Gasteiger partial charge in [0.1, 0.15) is 0 Å². The molecule has 1 aromatic heterocycles. The SMILES string of the molecule is COc1cc2c(cc1OC)CN(C(=O)C1(c3cc(-c4ccc(Cl)cc4)on3)CC1)CC2. The summed E-state index contributed by atoms with van der Waals surface area (Å²) in [5.41, 5.74) is 3.30. The fraction of sp³-hybridized carbons (Fsp3) is 0.333. The molecule has 6 nitrogen and oxygen atoms in total. The highest BCUT2D eigenvalue weighted by Gasteiger charge is 2.55. The summed E-state index contributed by atoms with van der Waals surface area (Å²) in [5, 5.41) is 4.93. The monoisotopic (exact) mass is 438 g/mol. The topological polar surface area (TPSA) is 64.8 Å². The van der Waals surface area contributed by atoms with E-state index < -0.39 is 5.41 Å². The van der Waals surface area contributed by atoms with Crippen LogP contribution in [0, 0.1) is 0 Å². The van der Waals surface area contributed by atoms with E-state index in [1.807, 2.05) is 47.4 Å². The molecular weight excluding hydrogens is 416 g/mol. The molecule has 0 unspecified atom stereocenters. The van der Waals surface area contributed by atoms with E-state index >= 15 is 0 Å². The van der Waals surface area contributed by atoms with E-state index in [9.17, 15) is 4.79 Å². The second-order valence-corrected chi connectivity index (χ2v) is 8.55. The number of methoxy groups -OCH3 is 2. The lowest BCUT2D eigenvalue weighted by Crippen LogP contribution is -2.42. The first-order chi connectivity index (χ1) is 15.0.